The van der Waals surface area contributed by atoms with E-state index in [4.69, 9.17) is 9.84 Å². The quantitative estimate of drug-likeness (QED) is 0.768. The fourth-order valence-corrected chi connectivity index (χ4v) is 2.40. The van der Waals surface area contributed by atoms with Crippen molar-refractivity contribution in [2.75, 3.05) is 13.7 Å². The molecule has 1 rings (SSSR count). The highest BCUT2D eigenvalue weighted by Gasteiger charge is 2.34. The van der Waals surface area contributed by atoms with Gasteiger partial charge in [-0.05, 0) is 19.3 Å². The van der Waals surface area contributed by atoms with Crippen LogP contribution in [0.5, 0.6) is 0 Å². The summed E-state index contributed by atoms with van der Waals surface area (Å²) >= 11 is 0. The Kier molecular flexibility index (Phi) is 5.25. The van der Waals surface area contributed by atoms with Crippen LogP contribution in [0.2, 0.25) is 0 Å². The van der Waals surface area contributed by atoms with Crippen LogP contribution >= 0.6 is 0 Å². The Morgan fingerprint density at radius 1 is 1.47 bits per heavy atom. The number of carbonyl (C=O) groups excluding carboxylic acids is 1. The molecule has 1 fully saturated rings. The third-order valence-corrected chi connectivity index (χ3v) is 3.39. The molecular weight excluding hydrogens is 222 g/mol. The molecule has 0 aromatic rings. The zero-order valence-corrected chi connectivity index (χ0v) is 10.5. The van der Waals surface area contributed by atoms with Gasteiger partial charge in [0.2, 0.25) is 0 Å². The first kappa shape index (κ1) is 13.8. The van der Waals surface area contributed by atoms with Gasteiger partial charge < -0.3 is 14.7 Å². The third-order valence-electron chi connectivity index (χ3n) is 3.39. The maximum absolute atomic E-state index is 11.5. The topological polar surface area (TPSA) is 66.8 Å². The molecule has 1 aliphatic heterocycles. The Balaban J connectivity index is 2.62. The lowest BCUT2D eigenvalue weighted by Crippen LogP contribution is -2.47. The Morgan fingerprint density at radius 2 is 2.18 bits per heavy atom. The molecule has 5 nitrogen and oxygen atoms in total. The molecular formula is C12H21NO4. The van der Waals surface area contributed by atoms with Crippen LogP contribution in [0.3, 0.4) is 0 Å². The largest absolute Gasteiger partial charge is 0.469 e. The molecule has 0 radical (unpaired) electrons. The molecule has 0 aliphatic carbocycles. The number of hydrogen-bond acceptors (Lipinski definition) is 3. The van der Waals surface area contributed by atoms with Crippen molar-refractivity contribution >= 4 is 12.1 Å². The maximum atomic E-state index is 11.5. The summed E-state index contributed by atoms with van der Waals surface area (Å²) in [5, 5.41) is 9.10. The molecule has 1 saturated heterocycles. The molecule has 1 aliphatic rings. The van der Waals surface area contributed by atoms with Crippen LogP contribution in [0.4, 0.5) is 4.79 Å². The van der Waals surface area contributed by atoms with Gasteiger partial charge in [0.25, 0.3) is 0 Å². The second-order valence-corrected chi connectivity index (χ2v) is 4.52. The number of hydrogen-bond donors (Lipinski definition) is 1. The van der Waals surface area contributed by atoms with E-state index in [0.717, 1.165) is 19.3 Å². The molecule has 1 unspecified atom stereocenters. The van der Waals surface area contributed by atoms with E-state index in [9.17, 15) is 9.59 Å². The minimum atomic E-state index is -0.880. The van der Waals surface area contributed by atoms with Crippen molar-refractivity contribution in [3.05, 3.63) is 0 Å². The van der Waals surface area contributed by atoms with Gasteiger partial charge in [0.1, 0.15) is 0 Å². The average Bonchev–Trinajstić information content (AvgIpc) is 2.34. The first-order chi connectivity index (χ1) is 8.10. The number of unbranched alkanes of at least 4 members (excludes halogenated alkanes) is 1. The molecule has 0 aromatic heterocycles. The van der Waals surface area contributed by atoms with E-state index in [-0.39, 0.29) is 17.9 Å². The first-order valence-corrected chi connectivity index (χ1v) is 6.17. The smallest absolute Gasteiger partial charge is 0.407 e. The number of rotatable bonds is 4. The van der Waals surface area contributed by atoms with Gasteiger partial charge in [0.15, 0.2) is 0 Å². The van der Waals surface area contributed by atoms with Crippen LogP contribution in [0.1, 0.15) is 39.0 Å². The monoisotopic (exact) mass is 243 g/mol. The van der Waals surface area contributed by atoms with E-state index in [0.29, 0.717) is 19.4 Å². The molecule has 17 heavy (non-hydrogen) atoms. The lowest BCUT2D eigenvalue weighted by Gasteiger charge is -2.36. The van der Waals surface area contributed by atoms with Crippen molar-refractivity contribution in [1.82, 2.24) is 4.90 Å². The Hall–Kier alpha value is -1.26. The molecule has 0 spiro atoms. The zero-order chi connectivity index (χ0) is 12.8. The summed E-state index contributed by atoms with van der Waals surface area (Å²) < 4.78 is 4.73. The predicted octanol–water partition coefficient (Wildman–Crippen LogP) is 2.11. The van der Waals surface area contributed by atoms with Crippen LogP contribution in [-0.4, -0.2) is 41.8 Å². The van der Waals surface area contributed by atoms with Gasteiger partial charge >= 0.3 is 12.1 Å². The van der Waals surface area contributed by atoms with Gasteiger partial charge in [-0.3, -0.25) is 4.79 Å². The third kappa shape index (κ3) is 3.61. The number of esters is 1. The fourth-order valence-electron chi connectivity index (χ4n) is 2.40. The minimum Gasteiger partial charge on any atom is -0.469 e. The molecule has 0 aromatic carbocycles. The van der Waals surface area contributed by atoms with Crippen LogP contribution in [0, 0.1) is 5.92 Å². The standard InChI is InChI=1S/C12H21NO4/c1-3-4-5-10-8-9(11(14)17-2)6-7-13(10)12(15)16/h9-10H,3-8H2,1-2H3,(H,15,16)/t9?,10-/m0/s1. The zero-order valence-electron chi connectivity index (χ0n) is 10.5. The SMILES string of the molecule is CCCC[C@H]1CC(C(=O)OC)CCN1C(=O)O. The van der Waals surface area contributed by atoms with Gasteiger partial charge in [-0.25, -0.2) is 4.79 Å². The molecule has 0 saturated carbocycles. The number of nitrogens with zero attached hydrogens (tertiary/aromatic N) is 1. The number of ether oxygens (including phenoxy) is 1. The number of piperidine rings is 1. The summed E-state index contributed by atoms with van der Waals surface area (Å²) in [5.74, 6) is -0.353. The van der Waals surface area contributed by atoms with Gasteiger partial charge in [-0.2, -0.15) is 0 Å². The summed E-state index contributed by atoms with van der Waals surface area (Å²) in [6, 6.07) is -0.0368. The van der Waals surface area contributed by atoms with E-state index in [2.05, 4.69) is 6.92 Å². The Labute approximate surface area is 102 Å². The number of carboxylic acid groups (broad SMARTS) is 1. The number of carbonyl (C=O) groups is 2. The van der Waals surface area contributed by atoms with Crippen molar-refractivity contribution in [2.24, 2.45) is 5.92 Å². The molecule has 5 heteroatoms. The van der Waals surface area contributed by atoms with Gasteiger partial charge in [-0.1, -0.05) is 19.8 Å². The molecule has 2 atom stereocenters. The highest BCUT2D eigenvalue weighted by molar-refractivity contribution is 5.73. The second-order valence-electron chi connectivity index (χ2n) is 4.52. The van der Waals surface area contributed by atoms with Crippen molar-refractivity contribution in [1.29, 1.82) is 0 Å². The van der Waals surface area contributed by atoms with Crippen molar-refractivity contribution < 1.29 is 19.4 Å². The van der Waals surface area contributed by atoms with Crippen molar-refractivity contribution in [3.8, 4) is 0 Å². The van der Waals surface area contributed by atoms with E-state index < -0.39 is 6.09 Å². The van der Waals surface area contributed by atoms with Gasteiger partial charge in [0, 0.05) is 12.6 Å². The van der Waals surface area contributed by atoms with Gasteiger partial charge in [-0.15, -0.1) is 0 Å². The fraction of sp³-hybridized carbons (Fsp3) is 0.833. The van der Waals surface area contributed by atoms with Crippen LogP contribution < -0.4 is 0 Å². The van der Waals surface area contributed by atoms with E-state index in [1.807, 2.05) is 0 Å². The Bertz CT molecular complexity index is 280. The van der Waals surface area contributed by atoms with E-state index >= 15 is 0 Å². The normalized spacial score (nSPS) is 24.5. The summed E-state index contributed by atoms with van der Waals surface area (Å²) in [6.07, 6.45) is 3.14. The van der Waals surface area contributed by atoms with Crippen LogP contribution in [0.15, 0.2) is 0 Å². The maximum Gasteiger partial charge on any atom is 0.407 e. The first-order valence-electron chi connectivity index (χ1n) is 6.17. The number of amides is 1. The minimum absolute atomic E-state index is 0.0368. The van der Waals surface area contributed by atoms with Gasteiger partial charge in [0.05, 0.1) is 13.0 Å². The van der Waals surface area contributed by atoms with Crippen molar-refractivity contribution in [2.45, 2.75) is 45.1 Å². The Morgan fingerprint density at radius 3 is 2.71 bits per heavy atom. The highest BCUT2D eigenvalue weighted by atomic mass is 16.5. The molecule has 98 valence electrons. The van der Waals surface area contributed by atoms with Crippen LogP contribution in [0.25, 0.3) is 0 Å². The molecule has 0 bridgehead atoms. The summed E-state index contributed by atoms with van der Waals surface area (Å²) in [7, 11) is 1.38. The lowest BCUT2D eigenvalue weighted by molar-refractivity contribution is -0.147. The van der Waals surface area contributed by atoms with Crippen molar-refractivity contribution in [3.63, 3.8) is 0 Å². The lowest BCUT2D eigenvalue weighted by atomic mass is 9.88. The van der Waals surface area contributed by atoms with Crippen LogP contribution in [-0.2, 0) is 9.53 Å². The summed E-state index contributed by atoms with van der Waals surface area (Å²) in [5.41, 5.74) is 0. The molecule has 1 N–H and O–H groups in total. The highest BCUT2D eigenvalue weighted by Crippen LogP contribution is 2.27. The molecule has 1 heterocycles. The number of likely N-dealkylation sites (tertiary alicyclic amines) is 1. The summed E-state index contributed by atoms with van der Waals surface area (Å²) in [4.78, 5) is 24.0. The predicted molar refractivity (Wildman–Crippen MR) is 62.8 cm³/mol. The second kappa shape index (κ2) is 6.47. The number of methoxy groups -OCH3 is 1. The van der Waals surface area contributed by atoms with E-state index in [1.165, 1.54) is 12.0 Å². The summed E-state index contributed by atoms with van der Waals surface area (Å²) in [6.45, 7) is 2.51. The average molecular weight is 243 g/mol. The molecule has 1 amide bonds. The van der Waals surface area contributed by atoms with E-state index in [1.54, 1.807) is 0 Å².